The number of rotatable bonds is 2. The van der Waals surface area contributed by atoms with Gasteiger partial charge in [0.25, 0.3) is 11.5 Å². The molecule has 1 aliphatic carbocycles. The zero-order valence-corrected chi connectivity index (χ0v) is 14.6. The number of aromatic nitrogens is 2. The van der Waals surface area contributed by atoms with Crippen LogP contribution in [0, 0.1) is 11.7 Å². The predicted octanol–water partition coefficient (Wildman–Crippen LogP) is 3.28. The molecule has 124 valence electrons. The van der Waals surface area contributed by atoms with Crippen LogP contribution in [0.25, 0.3) is 10.2 Å². The molecule has 0 saturated carbocycles. The second kappa shape index (κ2) is 5.71. The lowest BCUT2D eigenvalue weighted by Gasteiger charge is -2.11. The molecular formula is C16H15N3O3S2. The first kappa shape index (κ1) is 15.3. The number of hydrogen-bond donors (Lipinski definition) is 2. The second-order valence-corrected chi connectivity index (χ2v) is 7.31. The summed E-state index contributed by atoms with van der Waals surface area (Å²) in [5.74, 6) is 0.0655. The molecule has 0 aliphatic heterocycles. The fraction of sp³-hybridized carbons (Fsp3) is 0.312. The van der Waals surface area contributed by atoms with E-state index in [4.69, 9.17) is 16.6 Å². The number of fused-ring (bicyclic) bond motifs is 3. The summed E-state index contributed by atoms with van der Waals surface area (Å²) in [6, 6.07) is 1.56. The van der Waals surface area contributed by atoms with Crippen molar-refractivity contribution >= 4 is 39.7 Å². The van der Waals surface area contributed by atoms with Crippen molar-refractivity contribution < 1.29 is 9.21 Å². The third-order valence-corrected chi connectivity index (χ3v) is 5.82. The van der Waals surface area contributed by atoms with Crippen molar-refractivity contribution in [1.82, 2.24) is 9.66 Å². The third kappa shape index (κ3) is 2.33. The molecule has 1 amide bonds. The number of nitrogens with zero attached hydrogens (tertiary/aromatic N) is 1. The Hall–Kier alpha value is -2.19. The average molecular weight is 361 g/mol. The largest absolute Gasteiger partial charge is 0.469 e. The maximum atomic E-state index is 12.9. The van der Waals surface area contributed by atoms with Crippen LogP contribution in [-0.2, 0) is 12.8 Å². The Morgan fingerprint density at radius 1 is 1.42 bits per heavy atom. The standard InChI is InChI=1S/C16H15N3O3S2/c1-8-9(6-7-22-8)13(20)18-19-15(21)12-10-4-2-3-5-11(10)24-14(12)17-16(19)23/h6-7H,2-5H2,1H3,(H,17,23)(H,18,20). The fourth-order valence-electron chi connectivity index (χ4n) is 3.12. The predicted molar refractivity (Wildman–Crippen MR) is 95.0 cm³/mol. The number of aromatic amines is 1. The first-order valence-electron chi connectivity index (χ1n) is 7.71. The molecule has 4 rings (SSSR count). The third-order valence-electron chi connectivity index (χ3n) is 4.33. The molecule has 6 nitrogen and oxygen atoms in total. The Bertz CT molecular complexity index is 1070. The van der Waals surface area contributed by atoms with Gasteiger partial charge in [-0.3, -0.25) is 15.0 Å². The first-order chi connectivity index (χ1) is 11.6. The van der Waals surface area contributed by atoms with Gasteiger partial charge in [-0.1, -0.05) is 0 Å². The highest BCUT2D eigenvalue weighted by molar-refractivity contribution is 7.71. The Morgan fingerprint density at radius 2 is 2.21 bits per heavy atom. The normalized spacial score (nSPS) is 13.9. The lowest BCUT2D eigenvalue weighted by atomic mass is 9.97. The number of hydrogen-bond acceptors (Lipinski definition) is 5. The van der Waals surface area contributed by atoms with Crippen LogP contribution in [0.3, 0.4) is 0 Å². The molecule has 1 aliphatic rings. The Kier molecular flexibility index (Phi) is 3.65. The maximum absolute atomic E-state index is 12.9. The molecule has 0 unspecified atom stereocenters. The zero-order chi connectivity index (χ0) is 16.8. The average Bonchev–Trinajstić information content (AvgIpc) is 3.14. The van der Waals surface area contributed by atoms with Crippen LogP contribution in [0.4, 0.5) is 0 Å². The van der Waals surface area contributed by atoms with E-state index in [1.807, 2.05) is 0 Å². The quantitative estimate of drug-likeness (QED) is 0.687. The Morgan fingerprint density at radius 3 is 2.96 bits per heavy atom. The highest BCUT2D eigenvalue weighted by atomic mass is 32.1. The summed E-state index contributed by atoms with van der Waals surface area (Å²) in [4.78, 5) is 30.4. The maximum Gasteiger partial charge on any atom is 0.282 e. The number of H-pyrrole nitrogens is 1. The molecule has 3 aromatic heterocycles. The van der Waals surface area contributed by atoms with Crippen molar-refractivity contribution in [2.45, 2.75) is 32.6 Å². The number of furan rings is 1. The SMILES string of the molecule is Cc1occc1C(=O)Nn1c(=S)[nH]c2sc3c(c2c1=O)CCCC3. The molecule has 0 aromatic carbocycles. The van der Waals surface area contributed by atoms with E-state index in [-0.39, 0.29) is 10.3 Å². The summed E-state index contributed by atoms with van der Waals surface area (Å²) in [6.07, 6.45) is 5.55. The molecule has 0 radical (unpaired) electrons. The molecule has 24 heavy (non-hydrogen) atoms. The number of aryl methyl sites for hydroxylation is 3. The van der Waals surface area contributed by atoms with Gasteiger partial charge in [0.2, 0.25) is 4.77 Å². The van der Waals surface area contributed by atoms with Crippen LogP contribution >= 0.6 is 23.6 Å². The molecule has 0 fully saturated rings. The van der Waals surface area contributed by atoms with E-state index in [2.05, 4.69) is 10.4 Å². The van der Waals surface area contributed by atoms with Crippen LogP contribution in [0.2, 0.25) is 0 Å². The summed E-state index contributed by atoms with van der Waals surface area (Å²) < 4.78 is 6.44. The van der Waals surface area contributed by atoms with E-state index in [0.29, 0.717) is 16.7 Å². The minimum Gasteiger partial charge on any atom is -0.469 e. The van der Waals surface area contributed by atoms with E-state index in [9.17, 15) is 9.59 Å². The number of thiophene rings is 1. The summed E-state index contributed by atoms with van der Waals surface area (Å²) in [5, 5.41) is 0.646. The number of nitrogens with one attached hydrogen (secondary N) is 2. The van der Waals surface area contributed by atoms with Gasteiger partial charge in [0, 0.05) is 4.88 Å². The molecule has 0 saturated heterocycles. The van der Waals surface area contributed by atoms with Gasteiger partial charge in [-0.25, -0.2) is 0 Å². The van der Waals surface area contributed by atoms with E-state index >= 15 is 0 Å². The molecule has 0 spiro atoms. The van der Waals surface area contributed by atoms with Crippen molar-refractivity contribution in [2.75, 3.05) is 5.43 Å². The van der Waals surface area contributed by atoms with Crippen LogP contribution in [-0.4, -0.2) is 15.6 Å². The van der Waals surface area contributed by atoms with Gasteiger partial charge >= 0.3 is 0 Å². The van der Waals surface area contributed by atoms with Crippen molar-refractivity contribution in [2.24, 2.45) is 0 Å². The van der Waals surface area contributed by atoms with Crippen LogP contribution in [0.15, 0.2) is 21.5 Å². The molecule has 0 bridgehead atoms. The van der Waals surface area contributed by atoms with Gasteiger partial charge in [-0.15, -0.1) is 11.3 Å². The van der Waals surface area contributed by atoms with E-state index in [1.54, 1.807) is 24.3 Å². The van der Waals surface area contributed by atoms with E-state index in [1.165, 1.54) is 11.1 Å². The minimum absolute atomic E-state index is 0.181. The Balaban J connectivity index is 1.84. The Labute approximate surface area is 146 Å². The van der Waals surface area contributed by atoms with Gasteiger partial charge in [0.05, 0.1) is 17.2 Å². The highest BCUT2D eigenvalue weighted by Gasteiger charge is 2.21. The van der Waals surface area contributed by atoms with Gasteiger partial charge in [-0.2, -0.15) is 4.68 Å². The van der Waals surface area contributed by atoms with Crippen molar-refractivity contribution in [3.63, 3.8) is 0 Å². The van der Waals surface area contributed by atoms with Gasteiger partial charge < -0.3 is 9.40 Å². The summed E-state index contributed by atoms with van der Waals surface area (Å²) >= 11 is 6.86. The number of carbonyl (C=O) groups is 1. The van der Waals surface area contributed by atoms with E-state index < -0.39 is 5.91 Å². The van der Waals surface area contributed by atoms with Crippen LogP contribution < -0.4 is 11.0 Å². The minimum atomic E-state index is -0.425. The molecular weight excluding hydrogens is 346 g/mol. The summed E-state index contributed by atoms with van der Waals surface area (Å²) in [5.41, 5.74) is 3.79. The summed E-state index contributed by atoms with van der Waals surface area (Å²) in [6.45, 7) is 1.69. The molecule has 3 aromatic rings. The number of carbonyl (C=O) groups excluding carboxylic acids is 1. The van der Waals surface area contributed by atoms with Crippen molar-refractivity contribution in [3.05, 3.63) is 49.2 Å². The summed E-state index contributed by atoms with van der Waals surface area (Å²) in [7, 11) is 0. The van der Waals surface area contributed by atoms with Crippen molar-refractivity contribution in [1.29, 1.82) is 0 Å². The van der Waals surface area contributed by atoms with Crippen LogP contribution in [0.1, 0.15) is 39.4 Å². The fourth-order valence-corrected chi connectivity index (χ4v) is 4.70. The van der Waals surface area contributed by atoms with Crippen molar-refractivity contribution in [3.8, 4) is 0 Å². The topological polar surface area (TPSA) is 80.0 Å². The number of amides is 1. The molecule has 8 heteroatoms. The molecule has 2 N–H and O–H groups in total. The zero-order valence-electron chi connectivity index (χ0n) is 13.0. The molecule has 0 atom stereocenters. The molecule has 3 heterocycles. The first-order valence-corrected chi connectivity index (χ1v) is 8.94. The van der Waals surface area contributed by atoms with Crippen LogP contribution in [0.5, 0.6) is 0 Å². The monoisotopic (exact) mass is 361 g/mol. The lowest BCUT2D eigenvalue weighted by Crippen LogP contribution is -2.34. The van der Waals surface area contributed by atoms with Gasteiger partial charge in [0.15, 0.2) is 0 Å². The lowest BCUT2D eigenvalue weighted by molar-refractivity contribution is 0.100. The second-order valence-electron chi connectivity index (χ2n) is 5.82. The van der Waals surface area contributed by atoms with Gasteiger partial charge in [-0.05, 0) is 56.5 Å². The van der Waals surface area contributed by atoms with E-state index in [0.717, 1.165) is 40.8 Å². The highest BCUT2D eigenvalue weighted by Crippen LogP contribution is 2.33. The smallest absolute Gasteiger partial charge is 0.282 e. The van der Waals surface area contributed by atoms with Gasteiger partial charge in [0.1, 0.15) is 10.6 Å².